The fraction of sp³-hybridized carbons (Fsp3) is 0.458. The molecule has 0 radical (unpaired) electrons. The number of nitrogens with one attached hydrogen (secondary N) is 1. The standard InChI is InChI=1S/C24H31N7O2/c1-5-30-15-19(14-25-30)27-23(32)18-10-12-29(13-11-18)24(33)22-26-17(4)31(28-22)21-9-7-6-8-20(21)16(2)3/h6-9,14-16,18H,5,10-13H2,1-4H3,(H,27,32). The van der Waals surface area contributed by atoms with E-state index in [2.05, 4.69) is 40.4 Å². The van der Waals surface area contributed by atoms with Crippen molar-refractivity contribution in [2.75, 3.05) is 18.4 Å². The summed E-state index contributed by atoms with van der Waals surface area (Å²) in [5.74, 6) is 0.840. The molecular formula is C24H31N7O2. The third-order valence-corrected chi connectivity index (χ3v) is 6.12. The molecule has 2 amide bonds. The molecule has 3 aromatic rings. The maximum Gasteiger partial charge on any atom is 0.293 e. The number of hydrogen-bond acceptors (Lipinski definition) is 5. The monoisotopic (exact) mass is 449 g/mol. The van der Waals surface area contributed by atoms with Crippen LogP contribution in [0.1, 0.15) is 61.5 Å². The first-order valence-electron chi connectivity index (χ1n) is 11.5. The lowest BCUT2D eigenvalue weighted by atomic mass is 9.96. The highest BCUT2D eigenvalue weighted by Crippen LogP contribution is 2.24. The molecule has 1 aliphatic rings. The molecule has 1 aliphatic heterocycles. The summed E-state index contributed by atoms with van der Waals surface area (Å²) in [6.45, 7) is 9.87. The number of nitrogens with zero attached hydrogens (tertiary/aromatic N) is 6. The van der Waals surface area contributed by atoms with Crippen molar-refractivity contribution < 1.29 is 9.59 Å². The van der Waals surface area contributed by atoms with E-state index < -0.39 is 0 Å². The van der Waals surface area contributed by atoms with Crippen LogP contribution in [0.3, 0.4) is 0 Å². The Kier molecular flexibility index (Phi) is 6.57. The fourth-order valence-corrected chi connectivity index (χ4v) is 4.21. The number of amides is 2. The first-order valence-corrected chi connectivity index (χ1v) is 11.5. The predicted molar refractivity (Wildman–Crippen MR) is 125 cm³/mol. The molecule has 1 saturated heterocycles. The third-order valence-electron chi connectivity index (χ3n) is 6.12. The second-order valence-corrected chi connectivity index (χ2v) is 8.75. The van der Waals surface area contributed by atoms with Crippen LogP contribution >= 0.6 is 0 Å². The van der Waals surface area contributed by atoms with Crippen molar-refractivity contribution in [3.8, 4) is 5.69 Å². The number of rotatable bonds is 6. The summed E-state index contributed by atoms with van der Waals surface area (Å²) in [7, 11) is 0. The molecule has 0 bridgehead atoms. The molecule has 1 aromatic carbocycles. The number of aromatic nitrogens is 5. The zero-order valence-electron chi connectivity index (χ0n) is 19.7. The Bertz CT molecular complexity index is 1140. The van der Waals surface area contributed by atoms with Crippen molar-refractivity contribution in [1.82, 2.24) is 29.4 Å². The van der Waals surface area contributed by atoms with Gasteiger partial charge >= 0.3 is 0 Å². The number of aryl methyl sites for hydroxylation is 2. The van der Waals surface area contributed by atoms with E-state index in [-0.39, 0.29) is 23.6 Å². The minimum Gasteiger partial charge on any atom is -0.336 e. The van der Waals surface area contributed by atoms with Gasteiger partial charge < -0.3 is 10.2 Å². The largest absolute Gasteiger partial charge is 0.336 e. The average Bonchev–Trinajstić information content (AvgIpc) is 3.44. The average molecular weight is 450 g/mol. The zero-order valence-corrected chi connectivity index (χ0v) is 19.7. The summed E-state index contributed by atoms with van der Waals surface area (Å²) >= 11 is 0. The van der Waals surface area contributed by atoms with E-state index in [0.29, 0.717) is 43.4 Å². The molecule has 1 fully saturated rings. The molecule has 2 aromatic heterocycles. The van der Waals surface area contributed by atoms with Gasteiger partial charge in [0.1, 0.15) is 5.82 Å². The van der Waals surface area contributed by atoms with Crippen molar-refractivity contribution in [1.29, 1.82) is 0 Å². The summed E-state index contributed by atoms with van der Waals surface area (Å²) in [4.78, 5) is 31.9. The Morgan fingerprint density at radius 3 is 2.58 bits per heavy atom. The predicted octanol–water partition coefficient (Wildman–Crippen LogP) is 3.41. The molecule has 1 N–H and O–H groups in total. The molecule has 0 spiro atoms. The normalized spacial score (nSPS) is 14.6. The number of piperidine rings is 1. The van der Waals surface area contributed by atoms with Gasteiger partial charge in [-0.1, -0.05) is 32.0 Å². The van der Waals surface area contributed by atoms with E-state index in [1.54, 1.807) is 20.5 Å². The van der Waals surface area contributed by atoms with E-state index in [9.17, 15) is 9.59 Å². The minimum absolute atomic E-state index is 0.0266. The lowest BCUT2D eigenvalue weighted by Gasteiger charge is -2.30. The summed E-state index contributed by atoms with van der Waals surface area (Å²) < 4.78 is 3.52. The molecule has 9 nitrogen and oxygen atoms in total. The Morgan fingerprint density at radius 2 is 1.91 bits per heavy atom. The summed E-state index contributed by atoms with van der Waals surface area (Å²) in [6.07, 6.45) is 4.69. The number of anilines is 1. The van der Waals surface area contributed by atoms with Crippen LogP contribution in [0.25, 0.3) is 5.69 Å². The molecule has 0 saturated carbocycles. The van der Waals surface area contributed by atoms with Crippen LogP contribution in [0, 0.1) is 12.8 Å². The van der Waals surface area contributed by atoms with Crippen molar-refractivity contribution in [2.24, 2.45) is 5.92 Å². The van der Waals surface area contributed by atoms with Gasteiger partial charge in [0.2, 0.25) is 11.7 Å². The van der Waals surface area contributed by atoms with Crippen molar-refractivity contribution in [2.45, 2.75) is 53.0 Å². The number of benzene rings is 1. The topological polar surface area (TPSA) is 97.9 Å². The maximum absolute atomic E-state index is 13.1. The van der Waals surface area contributed by atoms with Crippen LogP contribution in [0.15, 0.2) is 36.7 Å². The first-order chi connectivity index (χ1) is 15.9. The van der Waals surface area contributed by atoms with E-state index in [4.69, 9.17) is 0 Å². The van der Waals surface area contributed by atoms with Gasteiger partial charge in [0.15, 0.2) is 0 Å². The summed E-state index contributed by atoms with van der Waals surface area (Å²) in [5, 5.41) is 11.7. The summed E-state index contributed by atoms with van der Waals surface area (Å²) in [6, 6.07) is 8.05. The Balaban J connectivity index is 1.40. The molecule has 9 heteroatoms. The first kappa shape index (κ1) is 22.7. The number of hydrogen-bond donors (Lipinski definition) is 1. The van der Waals surface area contributed by atoms with Crippen molar-refractivity contribution in [3.05, 3.63) is 53.9 Å². The highest BCUT2D eigenvalue weighted by Gasteiger charge is 2.30. The lowest BCUT2D eigenvalue weighted by molar-refractivity contribution is -0.121. The number of carbonyl (C=O) groups excluding carboxylic acids is 2. The summed E-state index contributed by atoms with van der Waals surface area (Å²) in [5.41, 5.74) is 2.80. The zero-order chi connectivity index (χ0) is 23.5. The Labute approximate surface area is 193 Å². The fourth-order valence-electron chi connectivity index (χ4n) is 4.21. The molecular weight excluding hydrogens is 418 g/mol. The molecule has 0 aliphatic carbocycles. The van der Waals surface area contributed by atoms with Crippen molar-refractivity contribution >= 4 is 17.5 Å². The smallest absolute Gasteiger partial charge is 0.293 e. The van der Waals surface area contributed by atoms with Crippen LogP contribution in [-0.4, -0.2) is 54.3 Å². The Morgan fingerprint density at radius 1 is 1.18 bits per heavy atom. The molecule has 3 heterocycles. The maximum atomic E-state index is 13.1. The number of likely N-dealkylation sites (tertiary alicyclic amines) is 1. The van der Waals surface area contributed by atoms with Crippen LogP contribution in [0.4, 0.5) is 5.69 Å². The van der Waals surface area contributed by atoms with E-state index in [1.807, 2.05) is 38.2 Å². The highest BCUT2D eigenvalue weighted by molar-refractivity contribution is 5.93. The molecule has 174 valence electrons. The molecule has 0 atom stereocenters. The highest BCUT2D eigenvalue weighted by atomic mass is 16.2. The van der Waals surface area contributed by atoms with E-state index in [0.717, 1.165) is 17.8 Å². The molecule has 0 unspecified atom stereocenters. The van der Waals surface area contributed by atoms with Crippen molar-refractivity contribution in [3.63, 3.8) is 0 Å². The van der Waals surface area contributed by atoms with Gasteiger partial charge in [0.25, 0.3) is 5.91 Å². The van der Waals surface area contributed by atoms with Gasteiger partial charge in [-0.05, 0) is 44.2 Å². The van der Waals surface area contributed by atoms with Gasteiger partial charge in [-0.2, -0.15) is 5.10 Å². The van der Waals surface area contributed by atoms with Gasteiger partial charge in [-0.25, -0.2) is 9.67 Å². The SMILES string of the molecule is CCn1cc(NC(=O)C2CCN(C(=O)c3nc(C)n(-c4ccccc4C(C)C)n3)CC2)cn1. The third kappa shape index (κ3) is 4.81. The van der Waals surface area contributed by atoms with Gasteiger partial charge in [0.05, 0.1) is 17.6 Å². The second-order valence-electron chi connectivity index (χ2n) is 8.75. The molecule has 4 rings (SSSR count). The van der Waals surface area contributed by atoms with Gasteiger partial charge in [-0.3, -0.25) is 14.3 Å². The van der Waals surface area contributed by atoms with Crippen LogP contribution in [0.2, 0.25) is 0 Å². The quantitative estimate of drug-likeness (QED) is 0.622. The van der Waals surface area contributed by atoms with Gasteiger partial charge in [0, 0.05) is 31.7 Å². The van der Waals surface area contributed by atoms with E-state index in [1.165, 1.54) is 0 Å². The number of carbonyl (C=O) groups is 2. The van der Waals surface area contributed by atoms with Crippen LogP contribution in [-0.2, 0) is 11.3 Å². The van der Waals surface area contributed by atoms with Crippen LogP contribution < -0.4 is 5.32 Å². The Hall–Kier alpha value is -3.49. The van der Waals surface area contributed by atoms with E-state index >= 15 is 0 Å². The van der Waals surface area contributed by atoms with Gasteiger partial charge in [-0.15, -0.1) is 5.10 Å². The van der Waals surface area contributed by atoms with Crippen LogP contribution in [0.5, 0.6) is 0 Å². The second kappa shape index (κ2) is 9.56. The molecule has 33 heavy (non-hydrogen) atoms. The minimum atomic E-state index is -0.193. The lowest BCUT2D eigenvalue weighted by Crippen LogP contribution is -2.41. The number of para-hydroxylation sites is 1.